The van der Waals surface area contributed by atoms with Gasteiger partial charge in [-0.15, -0.1) is 0 Å². The summed E-state index contributed by atoms with van der Waals surface area (Å²) in [5.41, 5.74) is 0. The summed E-state index contributed by atoms with van der Waals surface area (Å²) in [5, 5.41) is 0. The molecule has 0 bridgehead atoms. The molecule has 9 heavy (non-hydrogen) atoms. The predicted molar refractivity (Wildman–Crippen MR) is 29.7 cm³/mol. The molecule has 1 radical (unpaired) electrons. The van der Waals surface area contributed by atoms with Crippen LogP contribution < -0.4 is 0 Å². The van der Waals surface area contributed by atoms with Gasteiger partial charge < -0.3 is 4.74 Å². The van der Waals surface area contributed by atoms with Crippen LogP contribution in [0.5, 0.6) is 0 Å². The predicted octanol–water partition coefficient (Wildman–Crippen LogP) is -0.128. The van der Waals surface area contributed by atoms with Crippen LogP contribution in [0.25, 0.3) is 0 Å². The summed E-state index contributed by atoms with van der Waals surface area (Å²) in [7, 11) is -3.35. The van der Waals surface area contributed by atoms with Crippen molar-refractivity contribution in [2.45, 2.75) is 6.42 Å². The van der Waals surface area contributed by atoms with Crippen molar-refractivity contribution in [3.8, 4) is 0 Å². The molecule has 0 amide bonds. The lowest BCUT2D eigenvalue weighted by molar-refractivity contribution is -0.0615. The van der Waals surface area contributed by atoms with Crippen LogP contribution in [-0.4, -0.2) is 21.3 Å². The lowest BCUT2D eigenvalue weighted by atomic mass is 10.4. The van der Waals surface area contributed by atoms with Gasteiger partial charge >= 0.3 is 0 Å². The van der Waals surface area contributed by atoms with Gasteiger partial charge in [0.15, 0.2) is 0 Å². The van der Waals surface area contributed by atoms with E-state index >= 15 is 0 Å². The Hall–Kier alpha value is -0.130. The average molecular weight is 151 g/mol. The van der Waals surface area contributed by atoms with E-state index in [4.69, 9.17) is 0 Å². The molecule has 5 heteroatoms. The Labute approximate surface area is 53.9 Å². The van der Waals surface area contributed by atoms with Gasteiger partial charge in [-0.05, 0) is 0 Å². The molecule has 1 heterocycles. The fourth-order valence-electron chi connectivity index (χ4n) is 0.420. The van der Waals surface area contributed by atoms with Crippen molar-refractivity contribution >= 4 is 10.1 Å². The first kappa shape index (κ1) is 6.98. The van der Waals surface area contributed by atoms with Crippen LogP contribution >= 0.6 is 0 Å². The molecule has 53 valence electrons. The maximum Gasteiger partial charge on any atom is 0.267 e. The second-order valence-electron chi connectivity index (χ2n) is 1.76. The van der Waals surface area contributed by atoms with Gasteiger partial charge in [-0.3, -0.25) is 0 Å². The molecule has 4 nitrogen and oxygen atoms in total. The minimum absolute atomic E-state index is 0.206. The number of hydrogen-bond donors (Lipinski definition) is 0. The highest BCUT2D eigenvalue weighted by Gasteiger charge is 2.25. The van der Waals surface area contributed by atoms with Crippen LogP contribution in [0.4, 0.5) is 0 Å². The Morgan fingerprint density at radius 2 is 2.22 bits per heavy atom. The highest BCUT2D eigenvalue weighted by molar-refractivity contribution is 7.86. The minimum atomic E-state index is -3.35. The summed E-state index contributed by atoms with van der Waals surface area (Å²) in [4.78, 5) is 0. The summed E-state index contributed by atoms with van der Waals surface area (Å²) in [5.74, 6) is 0. The summed E-state index contributed by atoms with van der Waals surface area (Å²) < 4.78 is 29.6. The first-order chi connectivity index (χ1) is 4.08. The second kappa shape index (κ2) is 2.24. The van der Waals surface area contributed by atoms with Crippen molar-refractivity contribution in [2.75, 3.05) is 12.9 Å². The third-order valence-corrected chi connectivity index (χ3v) is 1.30. The molecular formula is C4H7O4S. The highest BCUT2D eigenvalue weighted by atomic mass is 32.2. The second-order valence-corrected chi connectivity index (χ2v) is 3.33. The van der Waals surface area contributed by atoms with Gasteiger partial charge in [-0.1, -0.05) is 0 Å². The minimum Gasteiger partial charge on any atom is -0.344 e. The molecule has 0 spiro atoms. The normalized spacial score (nSPS) is 21.4. The largest absolute Gasteiger partial charge is 0.344 e. The molecule has 0 N–H and O–H groups in total. The molecule has 0 aromatic heterocycles. The van der Waals surface area contributed by atoms with Gasteiger partial charge in [0, 0.05) is 6.42 Å². The van der Waals surface area contributed by atoms with E-state index in [1.54, 1.807) is 0 Å². The Bertz CT molecular complexity index is 179. The van der Waals surface area contributed by atoms with E-state index in [1.165, 1.54) is 0 Å². The van der Waals surface area contributed by atoms with Gasteiger partial charge in [-0.2, -0.15) is 8.42 Å². The van der Waals surface area contributed by atoms with E-state index in [9.17, 15) is 8.42 Å². The van der Waals surface area contributed by atoms with Crippen molar-refractivity contribution in [1.82, 2.24) is 0 Å². The smallest absolute Gasteiger partial charge is 0.267 e. The Balaban J connectivity index is 2.33. The van der Waals surface area contributed by atoms with Gasteiger partial charge in [0.2, 0.25) is 6.29 Å². The average Bonchev–Trinajstić information content (AvgIpc) is 1.53. The molecule has 0 unspecified atom stereocenters. The maximum atomic E-state index is 10.3. The molecular weight excluding hydrogens is 144 g/mol. The van der Waals surface area contributed by atoms with Crippen molar-refractivity contribution in [3.05, 3.63) is 6.29 Å². The van der Waals surface area contributed by atoms with Crippen LogP contribution in [-0.2, 0) is 19.0 Å². The van der Waals surface area contributed by atoms with Gasteiger partial charge in [-0.25, -0.2) is 4.18 Å². The van der Waals surface area contributed by atoms with Crippen molar-refractivity contribution < 1.29 is 17.3 Å². The van der Waals surface area contributed by atoms with Crippen LogP contribution in [0.1, 0.15) is 6.42 Å². The van der Waals surface area contributed by atoms with Crippen molar-refractivity contribution in [3.63, 3.8) is 0 Å². The molecule has 0 aromatic rings. The van der Waals surface area contributed by atoms with Gasteiger partial charge in [0.25, 0.3) is 10.1 Å². The highest BCUT2D eigenvalue weighted by Crippen LogP contribution is 2.21. The Morgan fingerprint density at radius 1 is 1.67 bits per heavy atom. The van der Waals surface area contributed by atoms with E-state index in [-0.39, 0.29) is 6.29 Å². The summed E-state index contributed by atoms with van der Waals surface area (Å²) in [6.45, 7) is 0.560. The molecule has 0 atom stereocenters. The van der Waals surface area contributed by atoms with Crippen LogP contribution in [0.2, 0.25) is 0 Å². The lowest BCUT2D eigenvalue weighted by Crippen LogP contribution is -2.23. The SMILES string of the molecule is CS(=O)(=O)O[C]1CCO1. The zero-order chi connectivity index (χ0) is 6.91. The quantitative estimate of drug-likeness (QED) is 0.516. The van der Waals surface area contributed by atoms with Crippen molar-refractivity contribution in [1.29, 1.82) is 0 Å². The fourth-order valence-corrected chi connectivity index (χ4v) is 0.889. The summed E-state index contributed by atoms with van der Waals surface area (Å²) in [6.07, 6.45) is 1.78. The van der Waals surface area contributed by atoms with E-state index in [0.717, 1.165) is 6.26 Å². The molecule has 1 aliphatic rings. The molecule has 1 rings (SSSR count). The molecule has 0 aliphatic carbocycles. The molecule has 1 fully saturated rings. The topological polar surface area (TPSA) is 52.6 Å². The molecule has 0 aromatic carbocycles. The maximum absolute atomic E-state index is 10.3. The van der Waals surface area contributed by atoms with E-state index < -0.39 is 10.1 Å². The summed E-state index contributed by atoms with van der Waals surface area (Å²) >= 11 is 0. The zero-order valence-electron chi connectivity index (χ0n) is 4.96. The van der Waals surface area contributed by atoms with E-state index in [2.05, 4.69) is 8.92 Å². The first-order valence-corrected chi connectivity index (χ1v) is 4.28. The third-order valence-electron chi connectivity index (χ3n) is 0.814. The third kappa shape index (κ3) is 2.30. The Morgan fingerprint density at radius 3 is 2.33 bits per heavy atom. The summed E-state index contributed by atoms with van der Waals surface area (Å²) in [6, 6.07) is 0. The number of rotatable bonds is 2. The fraction of sp³-hybridized carbons (Fsp3) is 0.750. The van der Waals surface area contributed by atoms with Crippen LogP contribution in [0.3, 0.4) is 0 Å². The Kier molecular flexibility index (Phi) is 1.74. The molecule has 1 saturated heterocycles. The first-order valence-electron chi connectivity index (χ1n) is 2.46. The van der Waals surface area contributed by atoms with Crippen LogP contribution in [0.15, 0.2) is 0 Å². The monoisotopic (exact) mass is 151 g/mol. The van der Waals surface area contributed by atoms with E-state index in [0.29, 0.717) is 13.0 Å². The molecule has 0 saturated carbocycles. The van der Waals surface area contributed by atoms with E-state index in [1.807, 2.05) is 0 Å². The number of hydrogen-bond acceptors (Lipinski definition) is 4. The molecule has 1 aliphatic heterocycles. The van der Waals surface area contributed by atoms with Gasteiger partial charge in [0.1, 0.15) is 0 Å². The zero-order valence-corrected chi connectivity index (χ0v) is 5.77. The standard InChI is InChI=1S/C4H7O4S/c1-9(5,6)8-4-2-3-7-4/h2-3H2,1H3. The van der Waals surface area contributed by atoms with Crippen molar-refractivity contribution in [2.24, 2.45) is 0 Å². The van der Waals surface area contributed by atoms with Gasteiger partial charge in [0.05, 0.1) is 12.9 Å². The van der Waals surface area contributed by atoms with Crippen LogP contribution in [0, 0.1) is 6.29 Å². The number of ether oxygens (including phenoxy) is 1. The lowest BCUT2D eigenvalue weighted by Gasteiger charge is -2.22.